The van der Waals surface area contributed by atoms with Crippen molar-refractivity contribution in [2.24, 2.45) is 7.05 Å². The van der Waals surface area contributed by atoms with Gasteiger partial charge in [-0.2, -0.15) is 5.26 Å². The largest absolute Gasteiger partial charge is 0.343 e. The minimum Gasteiger partial charge on any atom is -0.313 e. The first-order valence-electron chi connectivity index (χ1n) is 7.13. The summed E-state index contributed by atoms with van der Waals surface area (Å²) in [6.07, 6.45) is 2.32. The summed E-state index contributed by atoms with van der Waals surface area (Å²) >= 11 is 6.01. The zero-order valence-corrected chi connectivity index (χ0v) is 13.4. The van der Waals surface area contributed by atoms with Crippen LogP contribution in [0.1, 0.15) is 17.7 Å². The summed E-state index contributed by atoms with van der Waals surface area (Å²) in [6.45, 7) is 1.18. The van der Waals surface area contributed by atoms with Crippen LogP contribution in [0.25, 0.3) is 16.6 Å². The lowest BCUT2D eigenvalue weighted by Gasteiger charge is -2.17. The number of nitrogens with zero attached hydrogens (tertiary/aromatic N) is 4. The van der Waals surface area contributed by atoms with Crippen LogP contribution in [0, 0.1) is 21.4 Å². The molecule has 8 nitrogen and oxygen atoms in total. The molecular weight excluding hydrogens is 334 g/mol. The summed E-state index contributed by atoms with van der Waals surface area (Å²) in [6, 6.07) is 3.31. The van der Waals surface area contributed by atoms with E-state index in [1.54, 1.807) is 6.08 Å². The Morgan fingerprint density at radius 1 is 1.54 bits per heavy atom. The number of rotatable bonds is 2. The first-order valence-corrected chi connectivity index (χ1v) is 7.51. The molecule has 0 saturated carbocycles. The number of aryl methyl sites for hydroxylation is 1. The summed E-state index contributed by atoms with van der Waals surface area (Å²) in [7, 11) is 1.42. The van der Waals surface area contributed by atoms with E-state index in [0.717, 1.165) is 4.57 Å². The van der Waals surface area contributed by atoms with Gasteiger partial charge in [0.1, 0.15) is 11.6 Å². The number of nitro groups is 1. The van der Waals surface area contributed by atoms with E-state index < -0.39 is 16.2 Å². The van der Waals surface area contributed by atoms with E-state index >= 15 is 0 Å². The molecule has 0 aliphatic carbocycles. The third-order valence-electron chi connectivity index (χ3n) is 3.97. The highest BCUT2D eigenvalue weighted by Crippen LogP contribution is 2.33. The van der Waals surface area contributed by atoms with E-state index in [2.05, 4.69) is 10.3 Å². The normalized spacial score (nSPS) is 14.3. The van der Waals surface area contributed by atoms with Crippen molar-refractivity contribution in [3.8, 4) is 6.07 Å². The Bertz CT molecular complexity index is 1000. The van der Waals surface area contributed by atoms with Crippen LogP contribution in [-0.4, -0.2) is 27.6 Å². The van der Waals surface area contributed by atoms with Crippen LogP contribution in [0.2, 0.25) is 5.02 Å². The van der Waals surface area contributed by atoms with Crippen LogP contribution in [0.3, 0.4) is 0 Å². The fraction of sp³-hybridized carbons (Fsp3) is 0.267. The zero-order valence-electron chi connectivity index (χ0n) is 12.7. The molecule has 3 heterocycles. The van der Waals surface area contributed by atoms with Gasteiger partial charge in [-0.15, -0.1) is 0 Å². The minimum atomic E-state index is -0.732. The molecule has 0 unspecified atom stereocenters. The molecule has 2 aromatic rings. The number of hydrogen-bond donors (Lipinski definition) is 1. The second kappa shape index (κ2) is 6.03. The van der Waals surface area contributed by atoms with Crippen molar-refractivity contribution in [3.05, 3.63) is 48.9 Å². The third kappa shape index (κ3) is 2.44. The summed E-state index contributed by atoms with van der Waals surface area (Å²) < 4.78 is 1.14. The van der Waals surface area contributed by atoms with Gasteiger partial charge in [0.15, 0.2) is 5.69 Å². The average molecular weight is 346 g/mol. The average Bonchev–Trinajstić information content (AvgIpc) is 2.58. The third-order valence-corrected chi connectivity index (χ3v) is 4.26. The number of fused-ring (bicyclic) bond motifs is 1. The molecule has 0 bridgehead atoms. The predicted molar refractivity (Wildman–Crippen MR) is 88.8 cm³/mol. The minimum absolute atomic E-state index is 0.0344. The van der Waals surface area contributed by atoms with Crippen LogP contribution in [-0.2, 0) is 7.05 Å². The van der Waals surface area contributed by atoms with Gasteiger partial charge in [0, 0.05) is 13.6 Å². The predicted octanol–water partition coefficient (Wildman–Crippen LogP) is 1.74. The molecule has 0 aromatic carbocycles. The molecule has 0 spiro atoms. The summed E-state index contributed by atoms with van der Waals surface area (Å²) in [5.74, 6) is 0. The van der Waals surface area contributed by atoms with Gasteiger partial charge in [0.25, 0.3) is 0 Å². The van der Waals surface area contributed by atoms with Gasteiger partial charge < -0.3 is 9.88 Å². The van der Waals surface area contributed by atoms with Crippen LogP contribution < -0.4 is 10.9 Å². The van der Waals surface area contributed by atoms with Crippen LogP contribution in [0.4, 0.5) is 5.69 Å². The molecule has 24 heavy (non-hydrogen) atoms. The fourth-order valence-electron chi connectivity index (χ4n) is 2.81. The van der Waals surface area contributed by atoms with E-state index in [9.17, 15) is 14.9 Å². The lowest BCUT2D eigenvalue weighted by Crippen LogP contribution is -2.25. The van der Waals surface area contributed by atoms with E-state index in [4.69, 9.17) is 16.9 Å². The maximum atomic E-state index is 12.5. The summed E-state index contributed by atoms with van der Waals surface area (Å²) in [4.78, 5) is 27.5. The van der Waals surface area contributed by atoms with Gasteiger partial charge in [0.2, 0.25) is 0 Å². The monoisotopic (exact) mass is 345 g/mol. The van der Waals surface area contributed by atoms with Gasteiger partial charge in [-0.3, -0.25) is 14.9 Å². The first kappa shape index (κ1) is 16.1. The first-order chi connectivity index (χ1) is 11.5. The van der Waals surface area contributed by atoms with Crippen molar-refractivity contribution in [3.63, 3.8) is 0 Å². The second-order valence-corrected chi connectivity index (χ2v) is 5.73. The molecule has 9 heteroatoms. The molecule has 122 valence electrons. The zero-order chi connectivity index (χ0) is 17.4. The fourth-order valence-corrected chi connectivity index (χ4v) is 3.00. The molecular formula is C15H12ClN5O3. The van der Waals surface area contributed by atoms with Crippen molar-refractivity contribution in [2.45, 2.75) is 6.42 Å². The van der Waals surface area contributed by atoms with Gasteiger partial charge in [0.05, 0.1) is 21.0 Å². The molecule has 1 aliphatic rings. The van der Waals surface area contributed by atoms with Gasteiger partial charge in [-0.05, 0) is 24.6 Å². The Balaban J connectivity index is 2.54. The lowest BCUT2D eigenvalue weighted by atomic mass is 9.97. The standard InChI is InChI=1S/C15H12ClN5O3/c1-20-11-6-9(16)10(7-17)19-13(11)12(8-2-4-18-5-3-8)14(15(20)22)21(23)24/h2,6,18H,3-5H2,1H3. The summed E-state index contributed by atoms with van der Waals surface area (Å²) in [5, 5.41) is 23.9. The van der Waals surface area contributed by atoms with E-state index in [1.165, 1.54) is 13.1 Å². The highest BCUT2D eigenvalue weighted by Gasteiger charge is 2.29. The SMILES string of the molecule is Cn1c(=O)c([N+](=O)[O-])c(C2=CCNCC2)c2nc(C#N)c(Cl)cc21. The molecule has 0 amide bonds. The Kier molecular flexibility index (Phi) is 4.05. The Labute approximate surface area is 141 Å². The number of nitriles is 1. The van der Waals surface area contributed by atoms with E-state index in [1.807, 2.05) is 6.07 Å². The molecule has 0 saturated heterocycles. The number of pyridine rings is 2. The molecule has 0 atom stereocenters. The van der Waals surface area contributed by atoms with Crippen molar-refractivity contribution in [1.82, 2.24) is 14.9 Å². The molecule has 2 aromatic heterocycles. The number of hydrogen-bond acceptors (Lipinski definition) is 6. The Hall–Kier alpha value is -2.76. The van der Waals surface area contributed by atoms with Crippen molar-refractivity contribution >= 4 is 33.9 Å². The molecule has 0 radical (unpaired) electrons. The van der Waals surface area contributed by atoms with Crippen LogP contribution in [0.15, 0.2) is 16.9 Å². The second-order valence-electron chi connectivity index (χ2n) is 5.33. The van der Waals surface area contributed by atoms with Crippen LogP contribution in [0.5, 0.6) is 0 Å². The van der Waals surface area contributed by atoms with Crippen molar-refractivity contribution < 1.29 is 4.92 Å². The van der Waals surface area contributed by atoms with Gasteiger partial charge in [-0.1, -0.05) is 17.7 Å². The van der Waals surface area contributed by atoms with E-state index in [0.29, 0.717) is 30.6 Å². The highest BCUT2D eigenvalue weighted by molar-refractivity contribution is 6.32. The number of halogens is 1. The maximum Gasteiger partial charge on any atom is 0.343 e. The quantitative estimate of drug-likeness (QED) is 0.655. The van der Waals surface area contributed by atoms with Crippen molar-refractivity contribution in [2.75, 3.05) is 13.1 Å². The topological polar surface area (TPSA) is 114 Å². The smallest absolute Gasteiger partial charge is 0.313 e. The van der Waals surface area contributed by atoms with Gasteiger partial charge >= 0.3 is 11.2 Å². The van der Waals surface area contributed by atoms with E-state index in [-0.39, 0.29) is 21.8 Å². The lowest BCUT2D eigenvalue weighted by molar-refractivity contribution is -0.386. The molecule has 1 N–H and O–H groups in total. The Morgan fingerprint density at radius 2 is 2.29 bits per heavy atom. The number of nitrogens with one attached hydrogen (secondary N) is 1. The molecule has 0 fully saturated rings. The molecule has 3 rings (SSSR count). The maximum absolute atomic E-state index is 12.5. The summed E-state index contributed by atoms with van der Waals surface area (Å²) in [5.41, 5.74) is 0.130. The Morgan fingerprint density at radius 3 is 2.88 bits per heavy atom. The highest BCUT2D eigenvalue weighted by atomic mass is 35.5. The number of aromatic nitrogens is 2. The molecule has 1 aliphatic heterocycles. The van der Waals surface area contributed by atoms with Crippen molar-refractivity contribution in [1.29, 1.82) is 5.26 Å². The van der Waals surface area contributed by atoms with Crippen LogP contribution >= 0.6 is 11.6 Å². The van der Waals surface area contributed by atoms with Gasteiger partial charge in [-0.25, -0.2) is 4.98 Å².